The van der Waals surface area contributed by atoms with Gasteiger partial charge in [-0.15, -0.1) is 0 Å². The second-order valence-corrected chi connectivity index (χ2v) is 6.39. The SMILES string of the molecule is CC(C)C(=O)NCCNc1nc(Nc2ccc(C(N)=O)cc2)ncc1C(F)(F)F. The van der Waals surface area contributed by atoms with Crippen LogP contribution >= 0.6 is 0 Å². The Labute approximate surface area is 165 Å². The Bertz CT molecular complexity index is 869. The number of rotatable bonds is 8. The van der Waals surface area contributed by atoms with E-state index in [2.05, 4.69) is 25.9 Å². The van der Waals surface area contributed by atoms with Crippen LogP contribution in [-0.4, -0.2) is 34.9 Å². The minimum Gasteiger partial charge on any atom is -0.368 e. The summed E-state index contributed by atoms with van der Waals surface area (Å²) >= 11 is 0. The first-order valence-electron chi connectivity index (χ1n) is 8.70. The fourth-order valence-electron chi connectivity index (χ4n) is 2.20. The molecule has 5 N–H and O–H groups in total. The monoisotopic (exact) mass is 410 g/mol. The van der Waals surface area contributed by atoms with Crippen molar-refractivity contribution in [2.24, 2.45) is 11.7 Å². The predicted octanol–water partition coefficient (Wildman–Crippen LogP) is 2.52. The highest BCUT2D eigenvalue weighted by Gasteiger charge is 2.35. The van der Waals surface area contributed by atoms with E-state index in [4.69, 9.17) is 5.73 Å². The number of nitrogens with one attached hydrogen (secondary N) is 3. The Balaban J connectivity index is 2.13. The molecule has 156 valence electrons. The van der Waals surface area contributed by atoms with Gasteiger partial charge in [-0.1, -0.05) is 13.8 Å². The average molecular weight is 410 g/mol. The molecule has 0 radical (unpaired) electrons. The van der Waals surface area contributed by atoms with Gasteiger partial charge in [0.25, 0.3) is 0 Å². The minimum absolute atomic E-state index is 0.0469. The number of benzene rings is 1. The molecule has 11 heteroatoms. The van der Waals surface area contributed by atoms with Gasteiger partial charge in [0, 0.05) is 36.5 Å². The Morgan fingerprint density at radius 2 is 1.79 bits per heavy atom. The number of nitrogens with two attached hydrogens (primary N) is 1. The highest BCUT2D eigenvalue weighted by atomic mass is 19.4. The molecule has 2 rings (SSSR count). The molecule has 2 aromatic rings. The van der Waals surface area contributed by atoms with Gasteiger partial charge < -0.3 is 21.7 Å². The molecular weight excluding hydrogens is 389 g/mol. The Morgan fingerprint density at radius 1 is 1.14 bits per heavy atom. The van der Waals surface area contributed by atoms with E-state index in [9.17, 15) is 22.8 Å². The third kappa shape index (κ3) is 6.33. The minimum atomic E-state index is -4.65. The van der Waals surface area contributed by atoms with E-state index >= 15 is 0 Å². The summed E-state index contributed by atoms with van der Waals surface area (Å²) in [5.74, 6) is -1.51. The summed E-state index contributed by atoms with van der Waals surface area (Å²) in [7, 11) is 0. The number of alkyl halides is 3. The van der Waals surface area contributed by atoms with Crippen LogP contribution in [0.3, 0.4) is 0 Å². The molecule has 2 amide bonds. The molecule has 1 heterocycles. The number of aromatic nitrogens is 2. The smallest absolute Gasteiger partial charge is 0.368 e. The van der Waals surface area contributed by atoms with Crippen LogP contribution < -0.4 is 21.7 Å². The molecular formula is C18H21F3N6O2. The maximum absolute atomic E-state index is 13.2. The van der Waals surface area contributed by atoms with Crippen molar-refractivity contribution in [2.45, 2.75) is 20.0 Å². The normalized spacial score (nSPS) is 11.2. The number of amides is 2. The van der Waals surface area contributed by atoms with E-state index in [0.717, 1.165) is 0 Å². The van der Waals surface area contributed by atoms with Crippen LogP contribution in [0.25, 0.3) is 0 Å². The fraction of sp³-hybridized carbons (Fsp3) is 0.333. The number of hydrogen-bond donors (Lipinski definition) is 4. The van der Waals surface area contributed by atoms with Gasteiger partial charge in [-0.2, -0.15) is 18.2 Å². The molecule has 0 atom stereocenters. The molecule has 0 unspecified atom stereocenters. The fourth-order valence-corrected chi connectivity index (χ4v) is 2.20. The largest absolute Gasteiger partial charge is 0.421 e. The van der Waals surface area contributed by atoms with Crippen LogP contribution in [0.4, 0.5) is 30.6 Å². The molecule has 0 fully saturated rings. The second-order valence-electron chi connectivity index (χ2n) is 6.39. The van der Waals surface area contributed by atoms with Gasteiger partial charge in [-0.3, -0.25) is 9.59 Å². The Hall–Kier alpha value is -3.37. The zero-order valence-electron chi connectivity index (χ0n) is 15.8. The van der Waals surface area contributed by atoms with Crippen molar-refractivity contribution in [1.29, 1.82) is 0 Å². The van der Waals surface area contributed by atoms with Gasteiger partial charge >= 0.3 is 6.18 Å². The lowest BCUT2D eigenvalue weighted by molar-refractivity contribution is -0.137. The average Bonchev–Trinajstić information content (AvgIpc) is 2.64. The summed E-state index contributed by atoms with van der Waals surface area (Å²) in [5.41, 5.74) is 4.89. The van der Waals surface area contributed by atoms with Gasteiger partial charge in [0.1, 0.15) is 11.4 Å². The van der Waals surface area contributed by atoms with Crippen molar-refractivity contribution >= 4 is 29.3 Å². The van der Waals surface area contributed by atoms with Crippen LogP contribution in [0.15, 0.2) is 30.5 Å². The van der Waals surface area contributed by atoms with Gasteiger partial charge in [0.05, 0.1) is 0 Å². The summed E-state index contributed by atoms with van der Waals surface area (Å²) in [5, 5.41) is 7.94. The van der Waals surface area contributed by atoms with Crippen LogP contribution in [0.2, 0.25) is 0 Å². The summed E-state index contributed by atoms with van der Waals surface area (Å²) in [6.07, 6.45) is -3.98. The van der Waals surface area contributed by atoms with Gasteiger partial charge in [0.2, 0.25) is 17.8 Å². The molecule has 0 aliphatic rings. The summed E-state index contributed by atoms with van der Waals surface area (Å²) in [4.78, 5) is 30.2. The molecule has 1 aromatic heterocycles. The Morgan fingerprint density at radius 3 is 2.34 bits per heavy atom. The third-order valence-corrected chi connectivity index (χ3v) is 3.76. The molecule has 0 spiro atoms. The second kappa shape index (κ2) is 9.22. The quantitative estimate of drug-likeness (QED) is 0.496. The molecule has 0 saturated carbocycles. The highest BCUT2D eigenvalue weighted by molar-refractivity contribution is 5.93. The van der Waals surface area contributed by atoms with Crippen LogP contribution in [0.1, 0.15) is 29.8 Å². The number of carbonyl (C=O) groups excluding carboxylic acids is 2. The lowest BCUT2D eigenvalue weighted by Crippen LogP contribution is -2.32. The van der Waals surface area contributed by atoms with Crippen molar-refractivity contribution in [3.63, 3.8) is 0 Å². The number of halogens is 3. The number of carbonyl (C=O) groups is 2. The molecule has 0 aliphatic heterocycles. The summed E-state index contributed by atoms with van der Waals surface area (Å²) < 4.78 is 39.6. The molecule has 0 saturated heterocycles. The van der Waals surface area contributed by atoms with Crippen molar-refractivity contribution in [1.82, 2.24) is 15.3 Å². The maximum atomic E-state index is 13.2. The van der Waals surface area contributed by atoms with Crippen LogP contribution in [0, 0.1) is 5.92 Å². The summed E-state index contributed by atoms with van der Waals surface area (Å²) in [6.45, 7) is 3.60. The van der Waals surface area contributed by atoms with Crippen molar-refractivity contribution in [2.75, 3.05) is 23.7 Å². The molecule has 0 aliphatic carbocycles. The zero-order valence-corrected chi connectivity index (χ0v) is 15.8. The van der Waals surface area contributed by atoms with Crippen molar-refractivity contribution in [3.05, 3.63) is 41.6 Å². The molecule has 8 nitrogen and oxygen atoms in total. The van der Waals surface area contributed by atoms with E-state index in [0.29, 0.717) is 11.9 Å². The van der Waals surface area contributed by atoms with Gasteiger partial charge in [-0.05, 0) is 24.3 Å². The number of primary amides is 1. The van der Waals surface area contributed by atoms with Gasteiger partial charge in [-0.25, -0.2) is 4.98 Å². The predicted molar refractivity (Wildman–Crippen MR) is 102 cm³/mol. The lowest BCUT2D eigenvalue weighted by Gasteiger charge is -2.15. The summed E-state index contributed by atoms with van der Waals surface area (Å²) in [6, 6.07) is 5.97. The van der Waals surface area contributed by atoms with E-state index in [1.54, 1.807) is 13.8 Å². The third-order valence-electron chi connectivity index (χ3n) is 3.76. The number of hydrogen-bond acceptors (Lipinski definition) is 6. The Kier molecular flexibility index (Phi) is 6.97. The van der Waals surface area contributed by atoms with E-state index in [1.807, 2.05) is 0 Å². The maximum Gasteiger partial charge on any atom is 0.421 e. The van der Waals surface area contributed by atoms with E-state index in [-0.39, 0.29) is 36.4 Å². The first-order valence-corrected chi connectivity index (χ1v) is 8.70. The molecule has 29 heavy (non-hydrogen) atoms. The van der Waals surface area contributed by atoms with Crippen LogP contribution in [0.5, 0.6) is 0 Å². The topological polar surface area (TPSA) is 122 Å². The lowest BCUT2D eigenvalue weighted by atomic mass is 10.2. The van der Waals surface area contributed by atoms with E-state index in [1.165, 1.54) is 24.3 Å². The molecule has 1 aromatic carbocycles. The van der Waals surface area contributed by atoms with Crippen molar-refractivity contribution in [3.8, 4) is 0 Å². The first kappa shape index (κ1) is 21.9. The zero-order chi connectivity index (χ0) is 21.6. The van der Waals surface area contributed by atoms with Gasteiger partial charge in [0.15, 0.2) is 0 Å². The first-order chi connectivity index (χ1) is 13.6. The molecule has 0 bridgehead atoms. The highest BCUT2D eigenvalue weighted by Crippen LogP contribution is 2.34. The number of anilines is 3. The number of nitrogens with zero attached hydrogens (tertiary/aromatic N) is 2. The van der Waals surface area contributed by atoms with E-state index < -0.39 is 23.5 Å². The standard InChI is InChI=1S/C18H21F3N6O2/c1-10(2)16(29)24-8-7-23-15-13(18(19,20)21)9-25-17(27-15)26-12-5-3-11(4-6-12)14(22)28/h3-6,9-10H,7-8H2,1-2H3,(H2,22,28)(H,24,29)(H2,23,25,26,27). The van der Waals surface area contributed by atoms with Crippen LogP contribution in [-0.2, 0) is 11.0 Å². The van der Waals surface area contributed by atoms with Crippen molar-refractivity contribution < 1.29 is 22.8 Å².